The Labute approximate surface area is 99.5 Å². The molecule has 3 N–H and O–H groups in total. The van der Waals surface area contributed by atoms with Gasteiger partial charge in [0, 0.05) is 32.0 Å². The van der Waals surface area contributed by atoms with Crippen LogP contribution < -0.4 is 15.4 Å². The number of benzene rings is 1. The monoisotopic (exact) mass is 240 g/mol. The van der Waals surface area contributed by atoms with Crippen molar-refractivity contribution in [3.05, 3.63) is 18.2 Å². The van der Waals surface area contributed by atoms with E-state index in [1.54, 1.807) is 25.3 Å². The number of amides is 1. The Morgan fingerprint density at radius 1 is 1.41 bits per heavy atom. The molecule has 0 aliphatic heterocycles. The van der Waals surface area contributed by atoms with Gasteiger partial charge < -0.3 is 20.3 Å². The number of ether oxygens (including phenoxy) is 2. The van der Waals surface area contributed by atoms with Crippen molar-refractivity contribution in [2.75, 3.05) is 38.0 Å². The van der Waals surface area contributed by atoms with Crippen LogP contribution in [0.25, 0.3) is 0 Å². The molecule has 1 aromatic rings. The second-order valence-electron chi connectivity index (χ2n) is 3.44. The Kier molecular flexibility index (Phi) is 4.59. The highest BCUT2D eigenvalue weighted by Crippen LogP contribution is 2.24. The molecule has 6 heteroatoms. The van der Waals surface area contributed by atoms with Gasteiger partial charge in [0.05, 0.1) is 12.3 Å². The molecule has 0 atom stereocenters. The SMILES string of the molecule is COCCOc1cc(N)cc(N(C)C(=O)O)c1. The molecule has 0 unspecified atom stereocenters. The van der Waals surface area contributed by atoms with E-state index >= 15 is 0 Å². The predicted molar refractivity (Wildman–Crippen MR) is 64.7 cm³/mol. The number of hydrogen-bond donors (Lipinski definition) is 2. The van der Waals surface area contributed by atoms with E-state index in [-0.39, 0.29) is 0 Å². The molecule has 0 saturated heterocycles. The van der Waals surface area contributed by atoms with Crippen LogP contribution in [-0.2, 0) is 4.74 Å². The third-order valence-electron chi connectivity index (χ3n) is 2.14. The first-order chi connectivity index (χ1) is 8.04. The lowest BCUT2D eigenvalue weighted by Gasteiger charge is -2.15. The summed E-state index contributed by atoms with van der Waals surface area (Å²) in [6.07, 6.45) is -1.06. The van der Waals surface area contributed by atoms with Gasteiger partial charge in [0.25, 0.3) is 0 Å². The molecule has 1 rings (SSSR count). The largest absolute Gasteiger partial charge is 0.491 e. The zero-order chi connectivity index (χ0) is 12.8. The summed E-state index contributed by atoms with van der Waals surface area (Å²) in [7, 11) is 3.02. The van der Waals surface area contributed by atoms with E-state index in [9.17, 15) is 4.79 Å². The minimum absolute atomic E-state index is 0.385. The average molecular weight is 240 g/mol. The molecule has 0 radical (unpaired) electrons. The number of carbonyl (C=O) groups is 1. The fourth-order valence-electron chi connectivity index (χ4n) is 1.24. The first-order valence-electron chi connectivity index (χ1n) is 5.03. The van der Waals surface area contributed by atoms with Gasteiger partial charge in [0.15, 0.2) is 0 Å². The summed E-state index contributed by atoms with van der Waals surface area (Å²) in [6, 6.07) is 4.81. The second kappa shape index (κ2) is 5.95. The third kappa shape index (κ3) is 3.84. The van der Waals surface area contributed by atoms with Crippen molar-refractivity contribution in [3.63, 3.8) is 0 Å². The van der Waals surface area contributed by atoms with Crippen LogP contribution in [0.15, 0.2) is 18.2 Å². The number of carboxylic acid groups (broad SMARTS) is 1. The van der Waals surface area contributed by atoms with Crippen molar-refractivity contribution in [1.29, 1.82) is 0 Å². The summed E-state index contributed by atoms with van der Waals surface area (Å²) in [4.78, 5) is 11.9. The number of anilines is 2. The zero-order valence-corrected chi connectivity index (χ0v) is 9.84. The predicted octanol–water partition coefficient (Wildman–Crippen LogP) is 1.41. The van der Waals surface area contributed by atoms with Crippen LogP contribution in [0.4, 0.5) is 16.2 Å². The summed E-state index contributed by atoms with van der Waals surface area (Å²) in [5.41, 5.74) is 6.58. The minimum atomic E-state index is -1.06. The Bertz CT molecular complexity index is 395. The van der Waals surface area contributed by atoms with Crippen LogP contribution in [0.3, 0.4) is 0 Å². The molecule has 0 aliphatic rings. The zero-order valence-electron chi connectivity index (χ0n) is 9.84. The van der Waals surface area contributed by atoms with Crippen molar-refractivity contribution in [3.8, 4) is 5.75 Å². The molecule has 0 aromatic heterocycles. The quantitative estimate of drug-likeness (QED) is 0.600. The van der Waals surface area contributed by atoms with Crippen molar-refractivity contribution in [2.24, 2.45) is 0 Å². The molecular weight excluding hydrogens is 224 g/mol. The van der Waals surface area contributed by atoms with Gasteiger partial charge in [-0.15, -0.1) is 0 Å². The molecule has 17 heavy (non-hydrogen) atoms. The molecule has 0 saturated carbocycles. The van der Waals surface area contributed by atoms with Crippen molar-refractivity contribution in [1.82, 2.24) is 0 Å². The van der Waals surface area contributed by atoms with Crippen molar-refractivity contribution in [2.45, 2.75) is 0 Å². The van der Waals surface area contributed by atoms with E-state index in [2.05, 4.69) is 0 Å². The number of nitrogen functional groups attached to an aromatic ring is 1. The topological polar surface area (TPSA) is 85.0 Å². The highest BCUT2D eigenvalue weighted by atomic mass is 16.5. The smallest absolute Gasteiger partial charge is 0.411 e. The Morgan fingerprint density at radius 3 is 2.71 bits per heavy atom. The van der Waals surface area contributed by atoms with Crippen LogP contribution in [-0.4, -0.2) is 38.6 Å². The van der Waals surface area contributed by atoms with E-state index in [0.29, 0.717) is 30.3 Å². The Balaban J connectivity index is 2.82. The van der Waals surface area contributed by atoms with Gasteiger partial charge >= 0.3 is 6.09 Å². The summed E-state index contributed by atoms with van der Waals surface area (Å²) in [5.74, 6) is 0.519. The number of rotatable bonds is 5. The first-order valence-corrected chi connectivity index (χ1v) is 5.03. The molecule has 0 fully saturated rings. The maximum absolute atomic E-state index is 10.8. The molecular formula is C11H16N2O4. The van der Waals surface area contributed by atoms with Crippen molar-refractivity contribution < 1.29 is 19.4 Å². The summed E-state index contributed by atoms with van der Waals surface area (Å²) < 4.78 is 10.2. The van der Waals surface area contributed by atoms with Gasteiger partial charge in [-0.25, -0.2) is 4.79 Å². The standard InChI is InChI=1S/C11H16N2O4/c1-13(11(14)15)9-5-8(12)6-10(7-9)17-4-3-16-2/h5-7H,3-4,12H2,1-2H3,(H,14,15). The summed E-state index contributed by atoms with van der Waals surface area (Å²) >= 11 is 0. The van der Waals surface area contributed by atoms with Gasteiger partial charge in [-0.2, -0.15) is 0 Å². The fraction of sp³-hybridized carbons (Fsp3) is 0.364. The van der Waals surface area contributed by atoms with Crippen LogP contribution in [0, 0.1) is 0 Å². The fourth-order valence-corrected chi connectivity index (χ4v) is 1.24. The van der Waals surface area contributed by atoms with E-state index in [1.165, 1.54) is 7.05 Å². The minimum Gasteiger partial charge on any atom is -0.491 e. The summed E-state index contributed by atoms with van der Waals surface area (Å²) in [5, 5.41) is 8.86. The third-order valence-corrected chi connectivity index (χ3v) is 2.14. The molecule has 1 aromatic carbocycles. The van der Waals surface area contributed by atoms with Crippen molar-refractivity contribution >= 4 is 17.5 Å². The van der Waals surface area contributed by atoms with Crippen LogP contribution in [0.5, 0.6) is 5.75 Å². The highest BCUT2D eigenvalue weighted by Gasteiger charge is 2.10. The molecule has 0 bridgehead atoms. The lowest BCUT2D eigenvalue weighted by molar-refractivity contribution is 0.146. The van der Waals surface area contributed by atoms with Gasteiger partial charge in [0.2, 0.25) is 0 Å². The van der Waals surface area contributed by atoms with Gasteiger partial charge in [-0.05, 0) is 6.07 Å². The van der Waals surface area contributed by atoms with Crippen LogP contribution in [0.2, 0.25) is 0 Å². The normalized spacial score (nSPS) is 10.0. The Morgan fingerprint density at radius 2 is 2.12 bits per heavy atom. The van der Waals surface area contributed by atoms with Gasteiger partial charge in [0.1, 0.15) is 12.4 Å². The van der Waals surface area contributed by atoms with E-state index in [4.69, 9.17) is 20.3 Å². The number of nitrogens with two attached hydrogens (primary N) is 1. The van der Waals surface area contributed by atoms with Crippen LogP contribution >= 0.6 is 0 Å². The molecule has 1 amide bonds. The number of methoxy groups -OCH3 is 1. The van der Waals surface area contributed by atoms with E-state index in [1.807, 2.05) is 0 Å². The molecule has 6 nitrogen and oxygen atoms in total. The molecule has 0 aliphatic carbocycles. The average Bonchev–Trinajstić information content (AvgIpc) is 2.27. The lowest BCUT2D eigenvalue weighted by Crippen LogP contribution is -2.23. The first kappa shape index (κ1) is 13.1. The molecule has 0 spiro atoms. The van der Waals surface area contributed by atoms with Gasteiger partial charge in [-0.3, -0.25) is 4.90 Å². The molecule has 94 valence electrons. The summed E-state index contributed by atoms with van der Waals surface area (Å²) in [6.45, 7) is 0.842. The Hall–Kier alpha value is -1.95. The van der Waals surface area contributed by atoms with E-state index < -0.39 is 6.09 Å². The van der Waals surface area contributed by atoms with Crippen LogP contribution in [0.1, 0.15) is 0 Å². The van der Waals surface area contributed by atoms with E-state index in [0.717, 1.165) is 4.90 Å². The maximum Gasteiger partial charge on any atom is 0.411 e. The highest BCUT2D eigenvalue weighted by molar-refractivity contribution is 5.86. The lowest BCUT2D eigenvalue weighted by atomic mass is 10.2. The maximum atomic E-state index is 10.8. The number of nitrogens with zero attached hydrogens (tertiary/aromatic N) is 1. The van der Waals surface area contributed by atoms with Gasteiger partial charge in [-0.1, -0.05) is 0 Å². The molecule has 0 heterocycles. The second-order valence-corrected chi connectivity index (χ2v) is 3.44. The number of hydrogen-bond acceptors (Lipinski definition) is 4.